The molecule has 1 aliphatic heterocycles. The second-order valence-corrected chi connectivity index (χ2v) is 8.25. The van der Waals surface area contributed by atoms with Crippen LogP contribution in [-0.4, -0.2) is 39.8 Å². The van der Waals surface area contributed by atoms with Crippen molar-refractivity contribution in [2.24, 2.45) is 0 Å². The molecule has 8 nitrogen and oxygen atoms in total. The maximum Gasteiger partial charge on any atom is 0.416 e. The molecule has 2 aromatic carbocycles. The molecule has 0 fully saturated rings. The highest BCUT2D eigenvalue weighted by molar-refractivity contribution is 5.96. The fourth-order valence-corrected chi connectivity index (χ4v) is 4.07. The van der Waals surface area contributed by atoms with E-state index in [2.05, 4.69) is 15.4 Å². The molecule has 3 aromatic rings. The summed E-state index contributed by atoms with van der Waals surface area (Å²) in [5.41, 5.74) is 1.66. The Balaban J connectivity index is 1.69. The molecule has 1 N–H and O–H groups in total. The Morgan fingerprint density at radius 2 is 1.83 bits per heavy atom. The van der Waals surface area contributed by atoms with Gasteiger partial charge in [0.2, 0.25) is 11.9 Å². The summed E-state index contributed by atoms with van der Waals surface area (Å²) < 4.78 is 46.0. The van der Waals surface area contributed by atoms with Gasteiger partial charge >= 0.3 is 12.1 Å². The zero-order valence-corrected chi connectivity index (χ0v) is 19.8. The highest BCUT2D eigenvalue weighted by Crippen LogP contribution is 2.38. The molecule has 2 heterocycles. The molecule has 0 aliphatic carbocycles. The van der Waals surface area contributed by atoms with Crippen molar-refractivity contribution in [2.45, 2.75) is 33.0 Å². The van der Waals surface area contributed by atoms with E-state index in [1.54, 1.807) is 13.8 Å². The molecule has 4 rings (SSSR count). The SMILES string of the molecule is CCOC(=O)C1=C(C)N(CC(=O)Nc2cccc(C(F)(F)F)c2)c2ncnn2C1c1ccc(C)cc1. The molecule has 11 heteroatoms. The normalized spacial score (nSPS) is 15.5. The minimum atomic E-state index is -4.54. The van der Waals surface area contributed by atoms with Crippen molar-refractivity contribution in [1.82, 2.24) is 14.8 Å². The first-order valence-corrected chi connectivity index (χ1v) is 11.2. The Bertz CT molecular complexity index is 1310. The number of carbonyl (C=O) groups excluding carboxylic acids is 2. The first kappa shape index (κ1) is 25.0. The number of hydrogen-bond acceptors (Lipinski definition) is 6. The van der Waals surface area contributed by atoms with E-state index in [0.29, 0.717) is 11.6 Å². The number of hydrogen-bond donors (Lipinski definition) is 1. The number of nitrogens with zero attached hydrogens (tertiary/aromatic N) is 4. The first-order chi connectivity index (χ1) is 17.1. The summed E-state index contributed by atoms with van der Waals surface area (Å²) in [5, 5.41) is 6.80. The molecule has 36 heavy (non-hydrogen) atoms. The second kappa shape index (κ2) is 9.84. The number of benzene rings is 2. The van der Waals surface area contributed by atoms with E-state index in [1.165, 1.54) is 28.0 Å². The van der Waals surface area contributed by atoms with E-state index in [0.717, 1.165) is 23.3 Å². The number of fused-ring (bicyclic) bond motifs is 1. The average Bonchev–Trinajstić information content (AvgIpc) is 3.30. The van der Waals surface area contributed by atoms with Gasteiger partial charge in [0.15, 0.2) is 0 Å². The number of aryl methyl sites for hydroxylation is 1. The standard InChI is InChI=1S/C25H24F3N5O3/c1-4-36-23(35)21-16(3)32(13-20(34)31-19-7-5-6-18(12-19)25(26,27)28)24-29-14-30-33(24)22(21)17-10-8-15(2)9-11-17/h5-12,14,22H,4,13H2,1-3H3,(H,31,34). The lowest BCUT2D eigenvalue weighted by atomic mass is 9.94. The van der Waals surface area contributed by atoms with Gasteiger partial charge in [0.05, 0.1) is 17.7 Å². The summed E-state index contributed by atoms with van der Waals surface area (Å²) in [6.45, 7) is 5.15. The third-order valence-corrected chi connectivity index (χ3v) is 5.77. The zero-order chi connectivity index (χ0) is 26.0. The van der Waals surface area contributed by atoms with Gasteiger partial charge in [-0.1, -0.05) is 35.9 Å². The van der Waals surface area contributed by atoms with E-state index in [9.17, 15) is 22.8 Å². The lowest BCUT2D eigenvalue weighted by molar-refractivity contribution is -0.139. The number of halogens is 3. The van der Waals surface area contributed by atoms with Crippen LogP contribution in [0.5, 0.6) is 0 Å². The zero-order valence-electron chi connectivity index (χ0n) is 19.8. The van der Waals surface area contributed by atoms with Crippen LogP contribution in [0.25, 0.3) is 0 Å². The molecule has 0 radical (unpaired) electrons. The molecule has 0 saturated heterocycles. The van der Waals surface area contributed by atoms with Gasteiger partial charge in [-0.2, -0.15) is 23.3 Å². The fraction of sp³-hybridized carbons (Fsp3) is 0.280. The highest BCUT2D eigenvalue weighted by Gasteiger charge is 2.38. The van der Waals surface area contributed by atoms with E-state index in [1.807, 2.05) is 31.2 Å². The minimum Gasteiger partial charge on any atom is -0.463 e. The van der Waals surface area contributed by atoms with Crippen LogP contribution in [0.4, 0.5) is 24.8 Å². The summed E-state index contributed by atoms with van der Waals surface area (Å²) in [7, 11) is 0. The smallest absolute Gasteiger partial charge is 0.416 e. The van der Waals surface area contributed by atoms with Crippen LogP contribution in [0.15, 0.2) is 66.1 Å². The summed E-state index contributed by atoms with van der Waals surface area (Å²) in [5.74, 6) is -0.851. The largest absolute Gasteiger partial charge is 0.463 e. The topological polar surface area (TPSA) is 89.3 Å². The van der Waals surface area contributed by atoms with Crippen LogP contribution in [0.3, 0.4) is 0 Å². The van der Waals surface area contributed by atoms with Crippen LogP contribution in [0.2, 0.25) is 0 Å². The van der Waals surface area contributed by atoms with Crippen molar-refractivity contribution in [1.29, 1.82) is 0 Å². The summed E-state index contributed by atoms with van der Waals surface area (Å²) in [4.78, 5) is 31.7. The lowest BCUT2D eigenvalue weighted by Crippen LogP contribution is -2.40. The molecule has 1 unspecified atom stereocenters. The molecule has 1 aliphatic rings. The van der Waals surface area contributed by atoms with Gasteiger partial charge < -0.3 is 15.0 Å². The number of esters is 1. The second-order valence-electron chi connectivity index (χ2n) is 8.25. The van der Waals surface area contributed by atoms with Gasteiger partial charge in [0.1, 0.15) is 18.9 Å². The Labute approximate surface area is 205 Å². The van der Waals surface area contributed by atoms with Gasteiger partial charge in [0.25, 0.3) is 0 Å². The quantitative estimate of drug-likeness (QED) is 0.503. The number of carbonyl (C=O) groups is 2. The summed E-state index contributed by atoms with van der Waals surface area (Å²) in [6, 6.07) is 11.3. The number of alkyl halides is 3. The van der Waals surface area contributed by atoms with Crippen molar-refractivity contribution < 1.29 is 27.5 Å². The van der Waals surface area contributed by atoms with Crippen molar-refractivity contribution in [2.75, 3.05) is 23.4 Å². The number of amides is 1. The number of anilines is 2. The summed E-state index contributed by atoms with van der Waals surface area (Å²) >= 11 is 0. The van der Waals surface area contributed by atoms with Crippen molar-refractivity contribution in [3.8, 4) is 0 Å². The number of rotatable bonds is 6. The molecular formula is C25H24F3N5O3. The number of allylic oxidation sites excluding steroid dienone is 1. The Morgan fingerprint density at radius 1 is 1.11 bits per heavy atom. The van der Waals surface area contributed by atoms with Crippen LogP contribution in [0.1, 0.15) is 36.6 Å². The highest BCUT2D eigenvalue weighted by atomic mass is 19.4. The molecule has 0 bridgehead atoms. The Kier molecular flexibility index (Phi) is 6.82. The molecule has 0 saturated carbocycles. The predicted molar refractivity (Wildman–Crippen MR) is 126 cm³/mol. The maximum atomic E-state index is 13.1. The number of ether oxygens (including phenoxy) is 1. The van der Waals surface area contributed by atoms with Crippen LogP contribution in [-0.2, 0) is 20.5 Å². The Morgan fingerprint density at radius 3 is 2.50 bits per heavy atom. The number of aromatic nitrogens is 3. The molecular weight excluding hydrogens is 475 g/mol. The maximum absolute atomic E-state index is 13.1. The van der Waals surface area contributed by atoms with Crippen molar-refractivity contribution in [3.63, 3.8) is 0 Å². The monoisotopic (exact) mass is 499 g/mol. The first-order valence-electron chi connectivity index (χ1n) is 11.2. The molecule has 0 spiro atoms. The van der Waals surface area contributed by atoms with Crippen LogP contribution in [0, 0.1) is 6.92 Å². The molecule has 188 valence electrons. The third-order valence-electron chi connectivity index (χ3n) is 5.77. The van der Waals surface area contributed by atoms with Crippen molar-refractivity contribution >= 4 is 23.5 Å². The number of nitrogens with one attached hydrogen (secondary N) is 1. The minimum absolute atomic E-state index is 0.00178. The van der Waals surface area contributed by atoms with Crippen LogP contribution >= 0.6 is 0 Å². The molecule has 1 aromatic heterocycles. The lowest BCUT2D eigenvalue weighted by Gasteiger charge is -2.35. The van der Waals surface area contributed by atoms with Gasteiger partial charge in [-0.3, -0.25) is 4.79 Å². The van der Waals surface area contributed by atoms with Crippen molar-refractivity contribution in [3.05, 3.63) is 82.8 Å². The van der Waals surface area contributed by atoms with Crippen LogP contribution < -0.4 is 10.2 Å². The summed E-state index contributed by atoms with van der Waals surface area (Å²) in [6.07, 6.45) is -3.22. The fourth-order valence-electron chi connectivity index (χ4n) is 4.07. The van der Waals surface area contributed by atoms with E-state index >= 15 is 0 Å². The van der Waals surface area contributed by atoms with E-state index in [-0.39, 0.29) is 24.4 Å². The molecule has 1 atom stereocenters. The average molecular weight is 499 g/mol. The molecule has 1 amide bonds. The van der Waals surface area contributed by atoms with Gasteiger partial charge in [0, 0.05) is 11.4 Å². The van der Waals surface area contributed by atoms with Gasteiger partial charge in [-0.25, -0.2) is 9.48 Å². The Hall–Kier alpha value is -4.15. The van der Waals surface area contributed by atoms with Gasteiger partial charge in [-0.15, -0.1) is 0 Å². The third kappa shape index (κ3) is 4.95. The van der Waals surface area contributed by atoms with E-state index in [4.69, 9.17) is 4.74 Å². The van der Waals surface area contributed by atoms with E-state index < -0.39 is 29.7 Å². The predicted octanol–water partition coefficient (Wildman–Crippen LogP) is 4.49. The van der Waals surface area contributed by atoms with Gasteiger partial charge in [-0.05, 0) is 44.5 Å².